The summed E-state index contributed by atoms with van der Waals surface area (Å²) in [5.74, 6) is -1.41. The zero-order chi connectivity index (χ0) is 13.0. The van der Waals surface area contributed by atoms with Gasteiger partial charge in [0.15, 0.2) is 5.69 Å². The van der Waals surface area contributed by atoms with Crippen LogP contribution in [0.15, 0.2) is 6.20 Å². The van der Waals surface area contributed by atoms with Crippen LogP contribution in [0.5, 0.6) is 0 Å². The molecule has 0 atom stereocenters. The molecule has 18 heavy (non-hydrogen) atoms. The van der Waals surface area contributed by atoms with Gasteiger partial charge in [0.1, 0.15) is 6.54 Å². The maximum atomic E-state index is 12.2. The van der Waals surface area contributed by atoms with Crippen molar-refractivity contribution in [2.24, 2.45) is 0 Å². The summed E-state index contributed by atoms with van der Waals surface area (Å²) in [7, 11) is 0. The smallest absolute Gasteiger partial charge is 0.323 e. The van der Waals surface area contributed by atoms with Gasteiger partial charge in [-0.15, -0.1) is 0 Å². The Labute approximate surface area is 108 Å². The third kappa shape index (κ3) is 3.02. The van der Waals surface area contributed by atoms with Crippen molar-refractivity contribution in [1.29, 1.82) is 0 Å². The fourth-order valence-electron chi connectivity index (χ4n) is 1.92. The Balaban J connectivity index is 2.13. The van der Waals surface area contributed by atoms with E-state index in [4.69, 9.17) is 9.84 Å². The number of aromatic nitrogens is 2. The number of aliphatic carboxylic acids is 1. The van der Waals surface area contributed by atoms with E-state index < -0.39 is 5.97 Å². The number of carbonyl (C=O) groups is 2. The van der Waals surface area contributed by atoms with Crippen LogP contribution in [-0.4, -0.2) is 56.4 Å². The van der Waals surface area contributed by atoms with Crippen molar-refractivity contribution >= 4 is 23.6 Å². The van der Waals surface area contributed by atoms with Gasteiger partial charge in [-0.25, -0.2) is 0 Å². The predicted octanol–water partition coefficient (Wildman–Crippen LogP) is 0.244. The minimum absolute atomic E-state index is 0.107. The van der Waals surface area contributed by atoms with Gasteiger partial charge in [0.05, 0.1) is 17.9 Å². The largest absolute Gasteiger partial charge is 0.480 e. The SMILES string of the molecule is O=C(O)CN(C(=O)c1cnsn1)C1CCOCC1. The molecule has 0 spiro atoms. The topological polar surface area (TPSA) is 92.6 Å². The minimum atomic E-state index is -1.03. The molecule has 1 aliphatic rings. The van der Waals surface area contributed by atoms with Crippen molar-refractivity contribution in [3.8, 4) is 0 Å². The first-order valence-electron chi connectivity index (χ1n) is 5.56. The van der Waals surface area contributed by atoms with E-state index in [0.29, 0.717) is 26.1 Å². The monoisotopic (exact) mass is 271 g/mol. The van der Waals surface area contributed by atoms with Crippen LogP contribution in [0.25, 0.3) is 0 Å². The zero-order valence-corrected chi connectivity index (χ0v) is 10.4. The molecule has 1 amide bonds. The Morgan fingerprint density at radius 1 is 1.50 bits per heavy atom. The van der Waals surface area contributed by atoms with Gasteiger partial charge >= 0.3 is 5.97 Å². The highest BCUT2D eigenvalue weighted by Crippen LogP contribution is 2.16. The molecule has 98 valence electrons. The molecule has 1 saturated heterocycles. The van der Waals surface area contributed by atoms with Crippen molar-refractivity contribution < 1.29 is 19.4 Å². The molecule has 0 aromatic carbocycles. The zero-order valence-electron chi connectivity index (χ0n) is 9.61. The summed E-state index contributed by atoms with van der Waals surface area (Å²) in [6, 6.07) is -0.107. The molecule has 2 rings (SSSR count). The van der Waals surface area contributed by atoms with Gasteiger partial charge < -0.3 is 14.7 Å². The average Bonchev–Trinajstić information content (AvgIpc) is 2.90. The molecule has 0 radical (unpaired) electrons. The maximum absolute atomic E-state index is 12.2. The molecular formula is C10H13N3O4S. The molecule has 0 unspecified atom stereocenters. The van der Waals surface area contributed by atoms with Crippen molar-refractivity contribution in [3.05, 3.63) is 11.9 Å². The van der Waals surface area contributed by atoms with Gasteiger partial charge in [-0.05, 0) is 12.8 Å². The quantitative estimate of drug-likeness (QED) is 0.843. The van der Waals surface area contributed by atoms with E-state index in [1.54, 1.807) is 0 Å². The first kappa shape index (κ1) is 12.9. The lowest BCUT2D eigenvalue weighted by Crippen LogP contribution is -2.46. The lowest BCUT2D eigenvalue weighted by atomic mass is 10.1. The Morgan fingerprint density at radius 3 is 2.78 bits per heavy atom. The molecule has 0 saturated carbocycles. The van der Waals surface area contributed by atoms with Gasteiger partial charge in [0.2, 0.25) is 0 Å². The number of ether oxygens (including phenoxy) is 1. The summed E-state index contributed by atoms with van der Waals surface area (Å²) in [6.45, 7) is 0.772. The van der Waals surface area contributed by atoms with E-state index in [2.05, 4.69) is 8.75 Å². The second kappa shape index (κ2) is 5.87. The van der Waals surface area contributed by atoms with E-state index in [1.165, 1.54) is 11.1 Å². The standard InChI is InChI=1S/C10H13N3O4S/c14-9(15)6-13(7-1-3-17-4-2-7)10(16)8-5-11-18-12-8/h5,7H,1-4,6H2,(H,14,15). The van der Waals surface area contributed by atoms with Crippen molar-refractivity contribution in [2.45, 2.75) is 18.9 Å². The third-order valence-corrected chi connectivity index (χ3v) is 3.26. The molecule has 7 nitrogen and oxygen atoms in total. The van der Waals surface area contributed by atoms with E-state index in [0.717, 1.165) is 11.7 Å². The molecular weight excluding hydrogens is 258 g/mol. The molecule has 0 bridgehead atoms. The van der Waals surface area contributed by atoms with E-state index >= 15 is 0 Å². The predicted molar refractivity (Wildman–Crippen MR) is 62.4 cm³/mol. The number of carbonyl (C=O) groups excluding carboxylic acids is 1. The van der Waals surface area contributed by atoms with E-state index in [1.807, 2.05) is 0 Å². The molecule has 1 aromatic rings. The number of amides is 1. The normalized spacial score (nSPS) is 16.4. The molecule has 8 heteroatoms. The van der Waals surface area contributed by atoms with Crippen LogP contribution in [0, 0.1) is 0 Å². The Hall–Kier alpha value is -1.54. The molecule has 2 heterocycles. The highest BCUT2D eigenvalue weighted by Gasteiger charge is 2.29. The Bertz CT molecular complexity index is 417. The van der Waals surface area contributed by atoms with Crippen LogP contribution in [-0.2, 0) is 9.53 Å². The van der Waals surface area contributed by atoms with E-state index in [-0.39, 0.29) is 24.2 Å². The lowest BCUT2D eigenvalue weighted by molar-refractivity contribution is -0.138. The van der Waals surface area contributed by atoms with Crippen molar-refractivity contribution in [2.75, 3.05) is 19.8 Å². The highest BCUT2D eigenvalue weighted by atomic mass is 32.1. The van der Waals surface area contributed by atoms with Gasteiger partial charge in [-0.1, -0.05) is 0 Å². The summed E-state index contributed by atoms with van der Waals surface area (Å²) < 4.78 is 12.8. The number of carboxylic acid groups (broad SMARTS) is 1. The van der Waals surface area contributed by atoms with Crippen LogP contribution in [0.1, 0.15) is 23.3 Å². The number of hydrogen-bond donors (Lipinski definition) is 1. The molecule has 1 aliphatic heterocycles. The average molecular weight is 271 g/mol. The number of rotatable bonds is 4. The summed E-state index contributed by atoms with van der Waals surface area (Å²) >= 11 is 0.931. The second-order valence-electron chi connectivity index (χ2n) is 3.96. The minimum Gasteiger partial charge on any atom is -0.480 e. The van der Waals surface area contributed by atoms with Crippen LogP contribution in [0.3, 0.4) is 0 Å². The van der Waals surface area contributed by atoms with Crippen LogP contribution in [0.4, 0.5) is 0 Å². The Kier molecular flexibility index (Phi) is 4.21. The van der Waals surface area contributed by atoms with Gasteiger partial charge in [-0.3, -0.25) is 9.59 Å². The molecule has 1 N–H and O–H groups in total. The van der Waals surface area contributed by atoms with Gasteiger partial charge in [0, 0.05) is 19.3 Å². The van der Waals surface area contributed by atoms with Gasteiger partial charge in [0.25, 0.3) is 5.91 Å². The van der Waals surface area contributed by atoms with Crippen LogP contribution >= 0.6 is 11.7 Å². The number of carboxylic acids is 1. The fraction of sp³-hybridized carbons (Fsp3) is 0.600. The van der Waals surface area contributed by atoms with Crippen molar-refractivity contribution in [3.63, 3.8) is 0 Å². The van der Waals surface area contributed by atoms with E-state index in [9.17, 15) is 9.59 Å². The highest BCUT2D eigenvalue weighted by molar-refractivity contribution is 6.99. The second-order valence-corrected chi connectivity index (χ2v) is 4.52. The summed E-state index contributed by atoms with van der Waals surface area (Å²) in [5, 5.41) is 8.90. The fourth-order valence-corrected chi connectivity index (χ4v) is 2.32. The summed E-state index contributed by atoms with van der Waals surface area (Å²) in [5.41, 5.74) is 0.202. The number of nitrogens with zero attached hydrogens (tertiary/aromatic N) is 3. The first-order valence-corrected chi connectivity index (χ1v) is 6.29. The molecule has 1 aromatic heterocycles. The molecule has 1 fully saturated rings. The van der Waals surface area contributed by atoms with Gasteiger partial charge in [-0.2, -0.15) is 8.75 Å². The van der Waals surface area contributed by atoms with Crippen LogP contribution in [0.2, 0.25) is 0 Å². The molecule has 0 aliphatic carbocycles. The summed E-state index contributed by atoms with van der Waals surface area (Å²) in [6.07, 6.45) is 2.66. The summed E-state index contributed by atoms with van der Waals surface area (Å²) in [4.78, 5) is 24.4. The third-order valence-electron chi connectivity index (χ3n) is 2.78. The lowest BCUT2D eigenvalue weighted by Gasteiger charge is -2.32. The maximum Gasteiger partial charge on any atom is 0.323 e. The Morgan fingerprint density at radius 2 is 2.22 bits per heavy atom. The first-order chi connectivity index (χ1) is 8.68. The van der Waals surface area contributed by atoms with Crippen molar-refractivity contribution in [1.82, 2.24) is 13.6 Å². The number of hydrogen-bond acceptors (Lipinski definition) is 6. The van der Waals surface area contributed by atoms with Crippen LogP contribution < -0.4 is 0 Å².